The molecule has 1 saturated heterocycles. The smallest absolute Gasteiger partial charge is 0.343 e. The van der Waals surface area contributed by atoms with E-state index in [9.17, 15) is 4.79 Å². The highest BCUT2D eigenvalue weighted by Gasteiger charge is 2.20. The molecule has 0 radical (unpaired) electrons. The molecule has 2 heterocycles. The molecule has 0 aliphatic carbocycles. The van der Waals surface area contributed by atoms with Crippen LogP contribution in [0.2, 0.25) is 5.02 Å². The highest BCUT2D eigenvalue weighted by Crippen LogP contribution is 2.35. The van der Waals surface area contributed by atoms with Crippen molar-refractivity contribution in [2.45, 2.75) is 13.5 Å². The van der Waals surface area contributed by atoms with Gasteiger partial charge in [-0.15, -0.1) is 0 Å². The minimum Gasteiger partial charge on any atom is -0.420 e. The molecule has 0 amide bonds. The van der Waals surface area contributed by atoms with Gasteiger partial charge in [-0.25, -0.2) is 4.79 Å². The van der Waals surface area contributed by atoms with Crippen LogP contribution < -0.4 is 4.74 Å². The van der Waals surface area contributed by atoms with Crippen LogP contribution in [0.4, 0.5) is 0 Å². The van der Waals surface area contributed by atoms with Crippen molar-refractivity contribution in [3.05, 3.63) is 70.4 Å². The number of fused-ring (bicyclic) bond motifs is 1. The van der Waals surface area contributed by atoms with Crippen LogP contribution >= 0.6 is 11.6 Å². The fraction of sp³-hybridized carbons (Fsp3) is 0.273. The molecular formula is C22H21ClN2O3. The van der Waals surface area contributed by atoms with Gasteiger partial charge in [-0.1, -0.05) is 29.3 Å². The molecule has 1 aliphatic heterocycles. The van der Waals surface area contributed by atoms with Crippen LogP contribution in [-0.4, -0.2) is 42.2 Å². The molecule has 0 N–H and O–H groups in total. The van der Waals surface area contributed by atoms with E-state index in [1.165, 1.54) is 0 Å². The van der Waals surface area contributed by atoms with Crippen molar-refractivity contribution in [2.24, 2.45) is 0 Å². The Balaban J connectivity index is 1.73. The van der Waals surface area contributed by atoms with E-state index < -0.39 is 5.97 Å². The van der Waals surface area contributed by atoms with E-state index in [2.05, 4.69) is 9.88 Å². The number of hydrogen-bond acceptors (Lipinski definition) is 5. The lowest BCUT2D eigenvalue weighted by Crippen LogP contribution is -2.35. The minimum atomic E-state index is -0.405. The fourth-order valence-electron chi connectivity index (χ4n) is 3.30. The van der Waals surface area contributed by atoms with Crippen LogP contribution in [0, 0.1) is 6.92 Å². The number of aryl methyl sites for hydroxylation is 1. The molecule has 1 fully saturated rings. The summed E-state index contributed by atoms with van der Waals surface area (Å²) in [5.74, 6) is 0.0644. The number of nitrogens with zero attached hydrogens (tertiary/aromatic N) is 2. The van der Waals surface area contributed by atoms with E-state index in [-0.39, 0.29) is 0 Å². The normalized spacial score (nSPS) is 14.9. The SMILES string of the molecule is Cc1ccc(C(=O)Oc2c(CN3CCOCC3)cc(Cl)c3cccnc23)cc1. The fourth-order valence-corrected chi connectivity index (χ4v) is 3.58. The summed E-state index contributed by atoms with van der Waals surface area (Å²) in [6, 6.07) is 12.9. The van der Waals surface area contributed by atoms with Gasteiger partial charge in [-0.05, 0) is 37.3 Å². The topological polar surface area (TPSA) is 51.7 Å². The van der Waals surface area contributed by atoms with Crippen molar-refractivity contribution < 1.29 is 14.3 Å². The monoisotopic (exact) mass is 396 g/mol. The highest BCUT2D eigenvalue weighted by atomic mass is 35.5. The van der Waals surface area contributed by atoms with Crippen molar-refractivity contribution in [3.63, 3.8) is 0 Å². The molecule has 3 aromatic rings. The summed E-state index contributed by atoms with van der Waals surface area (Å²) in [4.78, 5) is 19.5. The summed E-state index contributed by atoms with van der Waals surface area (Å²) in [6.07, 6.45) is 1.68. The van der Waals surface area contributed by atoms with Gasteiger partial charge in [0, 0.05) is 36.8 Å². The number of rotatable bonds is 4. The lowest BCUT2D eigenvalue weighted by molar-refractivity contribution is 0.0337. The van der Waals surface area contributed by atoms with E-state index in [0.29, 0.717) is 41.6 Å². The molecule has 1 aromatic heterocycles. The molecule has 0 atom stereocenters. The second-order valence-electron chi connectivity index (χ2n) is 6.89. The van der Waals surface area contributed by atoms with Crippen LogP contribution in [0.3, 0.4) is 0 Å². The van der Waals surface area contributed by atoms with Gasteiger partial charge < -0.3 is 9.47 Å². The molecule has 0 unspecified atom stereocenters. The summed E-state index contributed by atoms with van der Waals surface area (Å²) >= 11 is 6.50. The molecule has 5 nitrogen and oxygen atoms in total. The maximum atomic E-state index is 12.8. The first-order valence-corrected chi connectivity index (χ1v) is 9.64. The van der Waals surface area contributed by atoms with E-state index in [1.54, 1.807) is 18.3 Å². The van der Waals surface area contributed by atoms with Gasteiger partial charge in [-0.2, -0.15) is 0 Å². The molecular weight excluding hydrogens is 376 g/mol. The molecule has 6 heteroatoms. The van der Waals surface area contributed by atoms with Crippen LogP contribution in [0.25, 0.3) is 10.9 Å². The zero-order chi connectivity index (χ0) is 19.5. The lowest BCUT2D eigenvalue weighted by atomic mass is 10.1. The number of pyridine rings is 1. The van der Waals surface area contributed by atoms with Gasteiger partial charge in [0.15, 0.2) is 5.75 Å². The third-order valence-electron chi connectivity index (χ3n) is 4.85. The Labute approximate surface area is 168 Å². The molecule has 0 spiro atoms. The largest absolute Gasteiger partial charge is 0.420 e. The molecule has 28 heavy (non-hydrogen) atoms. The predicted octanol–water partition coefficient (Wildman–Crippen LogP) is 4.25. The molecule has 1 aliphatic rings. The van der Waals surface area contributed by atoms with E-state index in [4.69, 9.17) is 21.1 Å². The van der Waals surface area contributed by atoms with Gasteiger partial charge in [0.1, 0.15) is 5.52 Å². The standard InChI is InChI=1S/C22H21ClN2O3/c1-15-4-6-16(7-5-15)22(26)28-21-17(14-25-9-11-27-12-10-25)13-19(23)18-3-2-8-24-20(18)21/h2-8,13H,9-12,14H2,1H3. The number of hydrogen-bond donors (Lipinski definition) is 0. The Kier molecular flexibility index (Phi) is 5.57. The lowest BCUT2D eigenvalue weighted by Gasteiger charge is -2.27. The van der Waals surface area contributed by atoms with Crippen LogP contribution in [-0.2, 0) is 11.3 Å². The van der Waals surface area contributed by atoms with Crippen LogP contribution in [0.1, 0.15) is 21.5 Å². The number of benzene rings is 2. The van der Waals surface area contributed by atoms with E-state index in [0.717, 1.165) is 29.6 Å². The summed E-state index contributed by atoms with van der Waals surface area (Å²) < 4.78 is 11.3. The Bertz CT molecular complexity index is 999. The van der Waals surface area contributed by atoms with Crippen molar-refractivity contribution in [3.8, 4) is 5.75 Å². The number of aromatic nitrogens is 1. The first kappa shape index (κ1) is 18.9. The molecule has 144 valence electrons. The van der Waals surface area contributed by atoms with E-state index >= 15 is 0 Å². The van der Waals surface area contributed by atoms with Crippen molar-refractivity contribution in [1.82, 2.24) is 9.88 Å². The zero-order valence-corrected chi connectivity index (χ0v) is 16.4. The Morgan fingerprint density at radius 3 is 2.71 bits per heavy atom. The molecule has 2 aromatic carbocycles. The predicted molar refractivity (Wildman–Crippen MR) is 109 cm³/mol. The summed E-state index contributed by atoms with van der Waals surface area (Å²) in [7, 11) is 0. The van der Waals surface area contributed by atoms with Gasteiger partial charge in [0.2, 0.25) is 0 Å². The maximum Gasteiger partial charge on any atom is 0.343 e. The second kappa shape index (κ2) is 8.27. The minimum absolute atomic E-state index is 0.405. The average Bonchev–Trinajstić information content (AvgIpc) is 2.72. The van der Waals surface area contributed by atoms with Crippen LogP contribution in [0.5, 0.6) is 5.75 Å². The highest BCUT2D eigenvalue weighted by molar-refractivity contribution is 6.35. The van der Waals surface area contributed by atoms with Gasteiger partial charge in [0.05, 0.1) is 23.8 Å². The first-order chi connectivity index (χ1) is 13.6. The summed E-state index contributed by atoms with van der Waals surface area (Å²) in [6.45, 7) is 5.63. The number of ether oxygens (including phenoxy) is 2. The van der Waals surface area contributed by atoms with E-state index in [1.807, 2.05) is 37.3 Å². The van der Waals surface area contributed by atoms with Crippen molar-refractivity contribution >= 4 is 28.5 Å². The van der Waals surface area contributed by atoms with Gasteiger partial charge >= 0.3 is 5.97 Å². The Hall–Kier alpha value is -2.47. The summed E-state index contributed by atoms with van der Waals surface area (Å²) in [5, 5.41) is 1.36. The van der Waals surface area contributed by atoms with Crippen molar-refractivity contribution in [2.75, 3.05) is 26.3 Å². The third kappa shape index (κ3) is 4.02. The first-order valence-electron chi connectivity index (χ1n) is 9.27. The number of morpholine rings is 1. The summed E-state index contributed by atoms with van der Waals surface area (Å²) in [5.41, 5.74) is 3.03. The quantitative estimate of drug-likeness (QED) is 0.487. The zero-order valence-electron chi connectivity index (χ0n) is 15.7. The Morgan fingerprint density at radius 2 is 1.96 bits per heavy atom. The van der Waals surface area contributed by atoms with Crippen molar-refractivity contribution in [1.29, 1.82) is 0 Å². The molecule has 0 saturated carbocycles. The molecule has 4 rings (SSSR count). The van der Waals surface area contributed by atoms with Gasteiger partial charge in [-0.3, -0.25) is 9.88 Å². The number of esters is 1. The molecule has 0 bridgehead atoms. The number of halogens is 1. The second-order valence-corrected chi connectivity index (χ2v) is 7.30. The average molecular weight is 397 g/mol. The number of carbonyl (C=O) groups excluding carboxylic acids is 1. The third-order valence-corrected chi connectivity index (χ3v) is 5.17. The Morgan fingerprint density at radius 1 is 1.21 bits per heavy atom. The maximum absolute atomic E-state index is 12.8. The van der Waals surface area contributed by atoms with Gasteiger partial charge in [0.25, 0.3) is 0 Å². The number of carbonyl (C=O) groups is 1. The van der Waals surface area contributed by atoms with Crippen LogP contribution in [0.15, 0.2) is 48.7 Å².